The number of aliphatic carboxylic acids is 2. The molecule has 0 fully saturated rings. The highest BCUT2D eigenvalue weighted by atomic mass is 35.5. The number of carbonyl (C=O) groups is 4. The van der Waals surface area contributed by atoms with Gasteiger partial charge in [-0.15, -0.1) is 35.0 Å². The van der Waals surface area contributed by atoms with Crippen LogP contribution in [0.5, 0.6) is 0 Å². The van der Waals surface area contributed by atoms with E-state index in [2.05, 4.69) is 41.8 Å². The Labute approximate surface area is 352 Å². The lowest BCUT2D eigenvalue weighted by Crippen LogP contribution is -2.21. The number of nitrogens with one attached hydrogen (secondary N) is 2. The number of hydrogen-bond acceptors (Lipinski definition) is 6. The van der Waals surface area contributed by atoms with Crippen LogP contribution in [0.2, 0.25) is 0 Å². The summed E-state index contributed by atoms with van der Waals surface area (Å²) in [5.74, 6) is -6.63. The van der Waals surface area contributed by atoms with Gasteiger partial charge in [-0.3, -0.25) is 4.79 Å². The van der Waals surface area contributed by atoms with E-state index in [4.69, 9.17) is 43.0 Å². The highest BCUT2D eigenvalue weighted by Crippen LogP contribution is 2.24. The third kappa shape index (κ3) is 32.6. The predicted molar refractivity (Wildman–Crippen MR) is 221 cm³/mol. The first kappa shape index (κ1) is 56.7. The van der Waals surface area contributed by atoms with Crippen molar-refractivity contribution in [3.05, 3.63) is 53.6 Å². The fraction of sp³-hybridized carbons (Fsp3) is 0.600. The minimum Gasteiger partial charge on any atom is -0.478 e. The van der Waals surface area contributed by atoms with Gasteiger partial charge in [0.15, 0.2) is 0 Å². The van der Waals surface area contributed by atoms with E-state index in [1.807, 2.05) is 6.26 Å². The second kappa shape index (κ2) is 34.5. The van der Waals surface area contributed by atoms with Crippen LogP contribution >= 0.6 is 35.0 Å². The first-order valence-electron chi connectivity index (χ1n) is 19.1. The van der Waals surface area contributed by atoms with Gasteiger partial charge < -0.3 is 26.0 Å². The molecule has 9 nitrogen and oxygen atoms in total. The lowest BCUT2D eigenvalue weighted by Gasteiger charge is -2.10. The van der Waals surface area contributed by atoms with Crippen molar-refractivity contribution in [3.8, 4) is 0 Å². The molecule has 0 spiro atoms. The van der Waals surface area contributed by atoms with Crippen LogP contribution in [0.3, 0.4) is 0 Å². The number of thioether (sulfide) groups is 1. The smallest absolute Gasteiger partial charge is 0.478 e. The Balaban J connectivity index is 0. The molecule has 0 aromatic heterocycles. The molecule has 2 aromatic carbocycles. The molecule has 332 valence electrons. The summed E-state index contributed by atoms with van der Waals surface area (Å²) in [7, 11) is 0. The van der Waals surface area contributed by atoms with Gasteiger partial charge in [0.1, 0.15) is 0 Å². The first-order chi connectivity index (χ1) is 27.3. The number of carboxylic acids is 3. The summed E-state index contributed by atoms with van der Waals surface area (Å²) in [5, 5.41) is 30.2. The summed E-state index contributed by atoms with van der Waals surface area (Å²) in [6, 6.07) is 13.3. The van der Waals surface area contributed by atoms with Gasteiger partial charge in [-0.1, -0.05) is 115 Å². The highest BCUT2D eigenvalue weighted by molar-refractivity contribution is 7.98. The van der Waals surface area contributed by atoms with Crippen LogP contribution in [0.25, 0.3) is 0 Å². The molecule has 0 radical (unpaired) electrons. The quantitative estimate of drug-likeness (QED) is 0.0300. The molecular weight excluding hydrogens is 837 g/mol. The molecule has 18 heteroatoms. The van der Waals surface area contributed by atoms with Gasteiger partial charge in [-0.25, -0.2) is 14.4 Å². The Bertz CT molecular complexity index is 1400. The predicted octanol–water partition coefficient (Wildman–Crippen LogP) is 13.0. The number of hydrogen-bond donors (Lipinski definition) is 5. The van der Waals surface area contributed by atoms with Gasteiger partial charge in [-0.05, 0) is 55.0 Å². The second-order valence-electron chi connectivity index (χ2n) is 12.9. The molecule has 1 amide bonds. The molecule has 0 atom stereocenters. The molecule has 0 saturated carbocycles. The van der Waals surface area contributed by atoms with Crippen molar-refractivity contribution < 1.29 is 60.8 Å². The number of benzene rings is 2. The average Bonchev–Trinajstić information content (AvgIpc) is 3.15. The molecule has 0 unspecified atom stereocenters. The number of halogens is 8. The summed E-state index contributed by atoms with van der Waals surface area (Å²) in [5.41, 5.74) is 2.95. The Morgan fingerprint density at radius 1 is 0.638 bits per heavy atom. The number of aromatic carboxylic acids is 1. The van der Waals surface area contributed by atoms with E-state index in [0.29, 0.717) is 23.4 Å². The van der Waals surface area contributed by atoms with Crippen molar-refractivity contribution >= 4 is 70.2 Å². The van der Waals surface area contributed by atoms with Gasteiger partial charge in [-0.2, -0.15) is 26.3 Å². The van der Waals surface area contributed by atoms with Crippen molar-refractivity contribution in [1.82, 2.24) is 0 Å². The lowest BCUT2D eigenvalue weighted by atomic mass is 10.0. The molecule has 0 saturated heterocycles. The van der Waals surface area contributed by atoms with Crippen molar-refractivity contribution in [1.29, 1.82) is 0 Å². The molecule has 0 aliphatic carbocycles. The molecule has 0 aliphatic heterocycles. The number of unbranched alkanes of at least 4 members (excludes halogenated alkanes) is 15. The molecule has 5 N–H and O–H groups in total. The Kier molecular flexibility index (Phi) is 33.7. The van der Waals surface area contributed by atoms with Crippen LogP contribution in [0, 0.1) is 0 Å². The standard InChI is InChI=1S/C35H54N2O3S.2C2HF3O2.CH2Cl2/c1-3-4-5-6-7-8-9-10-11-12-13-14-15-16-17-18-27-36-30-22-19-29(20-23-30)21-26-34(38)37-31-24-25-33(41-2)32(28-31)35(39)40;2*3-2(4,5)1(6)7;2-1-3/h19-20,22-25,28,36H,3-18,21,26-27H2,1-2H3,(H,37,38)(H,39,40);2*(H,6,7);1H2. The SMILES string of the molecule is CCCCCCCCCCCCCCCCCCNc1ccc(CCC(=O)Nc2ccc(SC)c(C(=O)O)c2)cc1.ClCCl.O=C(O)C(F)(F)F.O=C(O)C(F)(F)F. The fourth-order valence-corrected chi connectivity index (χ4v) is 5.70. The molecule has 58 heavy (non-hydrogen) atoms. The Hall–Kier alpha value is -3.37. The van der Waals surface area contributed by atoms with E-state index < -0.39 is 30.3 Å². The molecule has 0 bridgehead atoms. The van der Waals surface area contributed by atoms with Gasteiger partial charge in [0.2, 0.25) is 5.91 Å². The third-order valence-corrected chi connectivity index (χ3v) is 8.95. The van der Waals surface area contributed by atoms with Gasteiger partial charge >= 0.3 is 30.3 Å². The molecular formula is C40H58Cl2F6N2O7S. The maximum absolute atomic E-state index is 12.4. The fourth-order valence-electron chi connectivity index (χ4n) is 5.13. The zero-order chi connectivity index (χ0) is 44.4. The number of alkyl halides is 8. The van der Waals surface area contributed by atoms with E-state index in [9.17, 15) is 41.0 Å². The molecule has 0 aliphatic rings. The maximum atomic E-state index is 12.4. The summed E-state index contributed by atoms with van der Waals surface area (Å²) in [4.78, 5) is 42.3. The topological polar surface area (TPSA) is 153 Å². The van der Waals surface area contributed by atoms with Gasteiger partial charge in [0.25, 0.3) is 0 Å². The van der Waals surface area contributed by atoms with Crippen LogP contribution < -0.4 is 10.6 Å². The molecule has 2 aromatic rings. The van der Waals surface area contributed by atoms with E-state index >= 15 is 0 Å². The lowest BCUT2D eigenvalue weighted by molar-refractivity contribution is -0.193. The van der Waals surface area contributed by atoms with Crippen molar-refractivity contribution in [3.63, 3.8) is 0 Å². The van der Waals surface area contributed by atoms with Crippen LogP contribution in [0.1, 0.15) is 132 Å². The van der Waals surface area contributed by atoms with E-state index in [1.54, 1.807) is 12.1 Å². The third-order valence-electron chi connectivity index (χ3n) is 8.15. The van der Waals surface area contributed by atoms with Crippen molar-refractivity contribution in [2.75, 3.05) is 28.8 Å². The van der Waals surface area contributed by atoms with E-state index in [-0.39, 0.29) is 16.8 Å². The normalized spacial score (nSPS) is 10.8. The molecule has 0 heterocycles. The van der Waals surface area contributed by atoms with Crippen molar-refractivity contribution in [2.45, 2.75) is 140 Å². The highest BCUT2D eigenvalue weighted by Gasteiger charge is 2.38. The summed E-state index contributed by atoms with van der Waals surface area (Å²) < 4.78 is 63.5. The monoisotopic (exact) mass is 894 g/mol. The van der Waals surface area contributed by atoms with Crippen LogP contribution in [-0.4, -0.2) is 69.6 Å². The molecule has 2 rings (SSSR count). The van der Waals surface area contributed by atoms with E-state index in [0.717, 1.165) is 17.8 Å². The van der Waals surface area contributed by atoms with Crippen LogP contribution in [0.4, 0.5) is 37.7 Å². The zero-order valence-corrected chi connectivity index (χ0v) is 35.4. The zero-order valence-electron chi connectivity index (χ0n) is 33.1. The second-order valence-corrected chi connectivity index (χ2v) is 14.6. The number of rotatable bonds is 24. The Morgan fingerprint density at radius 3 is 1.38 bits per heavy atom. The maximum Gasteiger partial charge on any atom is 0.490 e. The summed E-state index contributed by atoms with van der Waals surface area (Å²) in [6.07, 6.45) is 14.8. The number of aryl methyl sites for hydroxylation is 1. The first-order valence-corrected chi connectivity index (χ1v) is 21.4. The van der Waals surface area contributed by atoms with Crippen molar-refractivity contribution in [2.24, 2.45) is 0 Å². The Morgan fingerprint density at radius 2 is 1.02 bits per heavy atom. The number of anilines is 2. The number of amides is 1. The average molecular weight is 896 g/mol. The summed E-state index contributed by atoms with van der Waals surface area (Å²) >= 11 is 10.9. The summed E-state index contributed by atoms with van der Waals surface area (Å²) in [6.45, 7) is 3.28. The number of carbonyl (C=O) groups excluding carboxylic acids is 1. The van der Waals surface area contributed by atoms with Gasteiger partial charge in [0, 0.05) is 29.2 Å². The van der Waals surface area contributed by atoms with Crippen LogP contribution in [0.15, 0.2) is 47.4 Å². The largest absolute Gasteiger partial charge is 0.490 e. The van der Waals surface area contributed by atoms with Crippen LogP contribution in [-0.2, 0) is 20.8 Å². The minimum absolute atomic E-state index is 0.121. The van der Waals surface area contributed by atoms with E-state index in [1.165, 1.54) is 121 Å². The number of carboxylic acid groups (broad SMARTS) is 3. The minimum atomic E-state index is -5.08. The van der Waals surface area contributed by atoms with Gasteiger partial charge in [0.05, 0.1) is 10.9 Å².